The molecule has 0 saturated carbocycles. The number of carbonyl (C=O) groups excluding carboxylic acids is 2. The second kappa shape index (κ2) is 6.59. The first-order valence-corrected chi connectivity index (χ1v) is 5.81. The van der Waals surface area contributed by atoms with Gasteiger partial charge >= 0.3 is 0 Å². The molecule has 1 rings (SSSR count). The van der Waals surface area contributed by atoms with E-state index in [1.807, 2.05) is 14.1 Å². The molecule has 4 heteroatoms. The maximum absolute atomic E-state index is 11.8. The van der Waals surface area contributed by atoms with Crippen molar-refractivity contribution in [3.05, 3.63) is 42.1 Å². The van der Waals surface area contributed by atoms with Gasteiger partial charge in [0.1, 0.15) is 0 Å². The summed E-state index contributed by atoms with van der Waals surface area (Å²) in [5, 5.41) is 2.73. The predicted molar refractivity (Wildman–Crippen MR) is 72.5 cm³/mol. The lowest BCUT2D eigenvalue weighted by Gasteiger charge is -2.05. The van der Waals surface area contributed by atoms with Crippen LogP contribution in [0.4, 0.5) is 5.69 Å². The SMILES string of the molecule is CCC(=O)Nc1cccc(C(=O)C=CN(C)C)c1. The summed E-state index contributed by atoms with van der Waals surface area (Å²) < 4.78 is 0. The molecular weight excluding hydrogens is 228 g/mol. The second-order valence-electron chi connectivity index (χ2n) is 4.13. The molecule has 0 aromatic heterocycles. The highest BCUT2D eigenvalue weighted by Crippen LogP contribution is 2.12. The van der Waals surface area contributed by atoms with Gasteiger partial charge in [0.25, 0.3) is 0 Å². The Morgan fingerprint density at radius 3 is 2.67 bits per heavy atom. The summed E-state index contributed by atoms with van der Waals surface area (Å²) in [4.78, 5) is 24.9. The molecule has 1 aromatic rings. The third-order valence-corrected chi connectivity index (χ3v) is 2.28. The van der Waals surface area contributed by atoms with E-state index in [1.54, 1.807) is 42.3 Å². The number of benzene rings is 1. The van der Waals surface area contributed by atoms with Gasteiger partial charge in [-0.2, -0.15) is 0 Å². The number of ketones is 1. The van der Waals surface area contributed by atoms with E-state index < -0.39 is 0 Å². The molecule has 0 spiro atoms. The molecule has 0 aliphatic carbocycles. The van der Waals surface area contributed by atoms with Crippen molar-refractivity contribution in [3.8, 4) is 0 Å². The molecule has 0 bridgehead atoms. The Morgan fingerprint density at radius 1 is 1.33 bits per heavy atom. The molecule has 4 nitrogen and oxygen atoms in total. The molecule has 1 aromatic carbocycles. The van der Waals surface area contributed by atoms with Gasteiger partial charge in [0.05, 0.1) is 0 Å². The minimum absolute atomic E-state index is 0.0663. The Balaban J connectivity index is 2.81. The number of nitrogens with one attached hydrogen (secondary N) is 1. The molecule has 18 heavy (non-hydrogen) atoms. The fourth-order valence-corrected chi connectivity index (χ4v) is 1.31. The molecule has 1 amide bonds. The van der Waals surface area contributed by atoms with Gasteiger partial charge in [0, 0.05) is 44.0 Å². The fraction of sp³-hybridized carbons (Fsp3) is 0.286. The van der Waals surface area contributed by atoms with Crippen LogP contribution in [0.15, 0.2) is 36.5 Å². The number of anilines is 1. The molecule has 0 atom stereocenters. The van der Waals surface area contributed by atoms with Crippen LogP contribution in [-0.4, -0.2) is 30.7 Å². The molecule has 0 unspecified atom stereocenters. The van der Waals surface area contributed by atoms with Gasteiger partial charge < -0.3 is 10.2 Å². The molecule has 96 valence electrons. The summed E-state index contributed by atoms with van der Waals surface area (Å²) in [5.74, 6) is -0.153. The Bertz CT molecular complexity index is 465. The van der Waals surface area contributed by atoms with E-state index in [9.17, 15) is 9.59 Å². The molecule has 0 fully saturated rings. The number of carbonyl (C=O) groups is 2. The van der Waals surface area contributed by atoms with Crippen LogP contribution in [0, 0.1) is 0 Å². The quantitative estimate of drug-likeness (QED) is 0.640. The minimum Gasteiger partial charge on any atom is -0.383 e. The first-order valence-electron chi connectivity index (χ1n) is 5.81. The Morgan fingerprint density at radius 2 is 2.06 bits per heavy atom. The molecule has 0 radical (unpaired) electrons. The number of amides is 1. The van der Waals surface area contributed by atoms with Crippen molar-refractivity contribution in [1.82, 2.24) is 4.90 Å². The zero-order valence-corrected chi connectivity index (χ0v) is 10.9. The number of allylic oxidation sites excluding steroid dienone is 1. The van der Waals surface area contributed by atoms with Crippen LogP contribution in [0.2, 0.25) is 0 Å². The number of hydrogen-bond donors (Lipinski definition) is 1. The van der Waals surface area contributed by atoms with Gasteiger partial charge in [0.15, 0.2) is 5.78 Å². The van der Waals surface area contributed by atoms with E-state index in [0.717, 1.165) is 0 Å². The highest BCUT2D eigenvalue weighted by molar-refractivity contribution is 6.05. The molecule has 0 heterocycles. The zero-order chi connectivity index (χ0) is 13.5. The topological polar surface area (TPSA) is 49.4 Å². The van der Waals surface area contributed by atoms with E-state index in [2.05, 4.69) is 5.32 Å². The van der Waals surface area contributed by atoms with Crippen molar-refractivity contribution in [2.24, 2.45) is 0 Å². The normalized spacial score (nSPS) is 10.4. The molecule has 0 aliphatic rings. The first-order chi connectivity index (χ1) is 8.52. The van der Waals surface area contributed by atoms with Crippen LogP contribution in [0.1, 0.15) is 23.7 Å². The van der Waals surface area contributed by atoms with Gasteiger partial charge in [-0.25, -0.2) is 0 Å². The van der Waals surface area contributed by atoms with Crippen molar-refractivity contribution >= 4 is 17.4 Å². The number of rotatable bonds is 5. The van der Waals surface area contributed by atoms with E-state index in [4.69, 9.17) is 0 Å². The minimum atomic E-state index is -0.0868. The number of nitrogens with zero attached hydrogens (tertiary/aromatic N) is 1. The third kappa shape index (κ3) is 4.41. The summed E-state index contributed by atoms with van der Waals surface area (Å²) in [7, 11) is 3.70. The van der Waals surface area contributed by atoms with Crippen LogP contribution in [0.3, 0.4) is 0 Å². The van der Waals surface area contributed by atoms with Crippen molar-refractivity contribution in [2.75, 3.05) is 19.4 Å². The van der Waals surface area contributed by atoms with Crippen molar-refractivity contribution < 1.29 is 9.59 Å². The third-order valence-electron chi connectivity index (χ3n) is 2.28. The van der Waals surface area contributed by atoms with E-state index in [0.29, 0.717) is 17.7 Å². The lowest BCUT2D eigenvalue weighted by Crippen LogP contribution is -2.10. The van der Waals surface area contributed by atoms with E-state index >= 15 is 0 Å². The summed E-state index contributed by atoms with van der Waals surface area (Å²) in [6, 6.07) is 6.92. The second-order valence-corrected chi connectivity index (χ2v) is 4.13. The molecule has 1 N–H and O–H groups in total. The summed E-state index contributed by atoms with van der Waals surface area (Å²) in [5.41, 5.74) is 1.20. The lowest BCUT2D eigenvalue weighted by molar-refractivity contribution is -0.115. The average molecular weight is 246 g/mol. The van der Waals surface area contributed by atoms with Crippen LogP contribution < -0.4 is 5.32 Å². The Kier molecular flexibility index (Phi) is 5.11. The lowest BCUT2D eigenvalue weighted by atomic mass is 10.1. The summed E-state index contributed by atoms with van der Waals surface area (Å²) in [6.45, 7) is 1.78. The first kappa shape index (κ1) is 14.0. The smallest absolute Gasteiger partial charge is 0.224 e. The Hall–Kier alpha value is -2.10. The van der Waals surface area contributed by atoms with Crippen LogP contribution >= 0.6 is 0 Å². The largest absolute Gasteiger partial charge is 0.383 e. The monoisotopic (exact) mass is 246 g/mol. The highest BCUT2D eigenvalue weighted by Gasteiger charge is 2.04. The van der Waals surface area contributed by atoms with Gasteiger partial charge in [-0.05, 0) is 12.1 Å². The standard InChI is InChI=1S/C14H18N2O2/c1-4-14(18)15-12-7-5-6-11(10-12)13(17)8-9-16(2)3/h5-10H,4H2,1-3H3,(H,15,18). The maximum atomic E-state index is 11.8. The molecule has 0 saturated heterocycles. The van der Waals surface area contributed by atoms with E-state index in [-0.39, 0.29) is 11.7 Å². The van der Waals surface area contributed by atoms with Gasteiger partial charge in [0.2, 0.25) is 5.91 Å². The number of hydrogen-bond acceptors (Lipinski definition) is 3. The highest BCUT2D eigenvalue weighted by atomic mass is 16.1. The van der Waals surface area contributed by atoms with Crippen molar-refractivity contribution in [2.45, 2.75) is 13.3 Å². The van der Waals surface area contributed by atoms with Gasteiger partial charge in [-0.15, -0.1) is 0 Å². The van der Waals surface area contributed by atoms with Gasteiger partial charge in [-0.3, -0.25) is 9.59 Å². The van der Waals surface area contributed by atoms with Crippen molar-refractivity contribution in [3.63, 3.8) is 0 Å². The van der Waals surface area contributed by atoms with E-state index in [1.165, 1.54) is 6.08 Å². The Labute approximate surface area is 107 Å². The maximum Gasteiger partial charge on any atom is 0.224 e. The van der Waals surface area contributed by atoms with Crippen LogP contribution in [0.25, 0.3) is 0 Å². The molecular formula is C14H18N2O2. The molecule has 0 aliphatic heterocycles. The predicted octanol–water partition coefficient (Wildman–Crippen LogP) is 2.29. The fourth-order valence-electron chi connectivity index (χ4n) is 1.31. The van der Waals surface area contributed by atoms with Crippen molar-refractivity contribution in [1.29, 1.82) is 0 Å². The van der Waals surface area contributed by atoms with Gasteiger partial charge in [-0.1, -0.05) is 19.1 Å². The average Bonchev–Trinajstić information content (AvgIpc) is 2.36. The summed E-state index contributed by atoms with van der Waals surface area (Å²) >= 11 is 0. The zero-order valence-electron chi connectivity index (χ0n) is 10.9. The summed E-state index contributed by atoms with van der Waals surface area (Å²) in [6.07, 6.45) is 3.61. The van der Waals surface area contributed by atoms with Crippen LogP contribution in [-0.2, 0) is 4.79 Å². The van der Waals surface area contributed by atoms with Crippen LogP contribution in [0.5, 0.6) is 0 Å².